The van der Waals surface area contributed by atoms with E-state index < -0.39 is 0 Å². The van der Waals surface area contributed by atoms with Crippen LogP contribution in [0.4, 0.5) is 5.69 Å². The zero-order valence-corrected chi connectivity index (χ0v) is 16.5. The van der Waals surface area contributed by atoms with E-state index in [1.165, 1.54) is 23.5 Å². The molecule has 0 unspecified atom stereocenters. The SMILES string of the molecule is Cc1nc(-c2cccc(NC(=O)c3ccc(C4SCCCS4)cc3)c2)no1. The molecule has 0 radical (unpaired) electrons. The molecule has 2 heterocycles. The number of amides is 1. The summed E-state index contributed by atoms with van der Waals surface area (Å²) in [7, 11) is 0. The van der Waals surface area contributed by atoms with Gasteiger partial charge in [-0.2, -0.15) is 4.98 Å². The molecular formula is C20H19N3O2S2. The van der Waals surface area contributed by atoms with Gasteiger partial charge in [0.1, 0.15) is 0 Å². The number of aromatic nitrogens is 2. The molecule has 2 aromatic carbocycles. The molecule has 1 aromatic heterocycles. The number of carbonyl (C=O) groups excluding carboxylic acids is 1. The van der Waals surface area contributed by atoms with Crippen LogP contribution in [0.1, 0.15) is 32.8 Å². The van der Waals surface area contributed by atoms with Crippen LogP contribution in [-0.4, -0.2) is 27.6 Å². The van der Waals surface area contributed by atoms with Crippen molar-refractivity contribution in [3.63, 3.8) is 0 Å². The van der Waals surface area contributed by atoms with Crippen molar-refractivity contribution in [3.05, 3.63) is 65.5 Å². The van der Waals surface area contributed by atoms with Crippen LogP contribution in [-0.2, 0) is 0 Å². The first-order chi connectivity index (χ1) is 13.2. The van der Waals surface area contributed by atoms with Crippen molar-refractivity contribution in [2.75, 3.05) is 16.8 Å². The van der Waals surface area contributed by atoms with Gasteiger partial charge in [0.15, 0.2) is 0 Å². The highest BCUT2D eigenvalue weighted by atomic mass is 32.2. The molecule has 138 valence electrons. The fourth-order valence-electron chi connectivity index (χ4n) is 2.83. The summed E-state index contributed by atoms with van der Waals surface area (Å²) < 4.78 is 5.50. The van der Waals surface area contributed by atoms with Crippen LogP contribution in [0.15, 0.2) is 53.1 Å². The summed E-state index contributed by atoms with van der Waals surface area (Å²) in [6, 6.07) is 15.3. The first-order valence-corrected chi connectivity index (χ1v) is 10.8. The van der Waals surface area contributed by atoms with Crippen LogP contribution in [0.5, 0.6) is 0 Å². The van der Waals surface area contributed by atoms with E-state index in [4.69, 9.17) is 4.52 Å². The van der Waals surface area contributed by atoms with Gasteiger partial charge in [-0.3, -0.25) is 4.79 Å². The van der Waals surface area contributed by atoms with Crippen molar-refractivity contribution in [1.82, 2.24) is 10.1 Å². The minimum atomic E-state index is -0.132. The van der Waals surface area contributed by atoms with Crippen molar-refractivity contribution in [3.8, 4) is 11.4 Å². The minimum absolute atomic E-state index is 0.132. The lowest BCUT2D eigenvalue weighted by Crippen LogP contribution is -2.12. The van der Waals surface area contributed by atoms with Gasteiger partial charge in [0, 0.05) is 23.7 Å². The fourth-order valence-corrected chi connectivity index (χ4v) is 5.72. The molecule has 0 spiro atoms. The number of anilines is 1. The van der Waals surface area contributed by atoms with Gasteiger partial charge in [-0.25, -0.2) is 0 Å². The van der Waals surface area contributed by atoms with Crippen molar-refractivity contribution in [2.45, 2.75) is 17.9 Å². The summed E-state index contributed by atoms with van der Waals surface area (Å²) in [5, 5.41) is 6.85. The maximum Gasteiger partial charge on any atom is 0.255 e. The van der Waals surface area contributed by atoms with E-state index >= 15 is 0 Å². The number of benzene rings is 2. The van der Waals surface area contributed by atoms with Crippen molar-refractivity contribution >= 4 is 35.1 Å². The number of hydrogen-bond donors (Lipinski definition) is 1. The zero-order valence-electron chi connectivity index (χ0n) is 14.8. The monoisotopic (exact) mass is 397 g/mol. The molecule has 5 nitrogen and oxygen atoms in total. The lowest BCUT2D eigenvalue weighted by Gasteiger charge is -2.21. The van der Waals surface area contributed by atoms with E-state index in [1.54, 1.807) is 6.92 Å². The highest BCUT2D eigenvalue weighted by molar-refractivity contribution is 8.16. The Morgan fingerprint density at radius 3 is 2.63 bits per heavy atom. The second kappa shape index (κ2) is 8.19. The Hall–Kier alpha value is -2.25. The minimum Gasteiger partial charge on any atom is -0.339 e. The molecule has 3 aromatic rings. The van der Waals surface area contributed by atoms with Crippen molar-refractivity contribution in [1.29, 1.82) is 0 Å². The van der Waals surface area contributed by atoms with E-state index in [9.17, 15) is 4.79 Å². The average molecular weight is 398 g/mol. The molecule has 4 rings (SSSR count). The van der Waals surface area contributed by atoms with Gasteiger partial charge >= 0.3 is 0 Å². The van der Waals surface area contributed by atoms with Gasteiger partial charge in [0.05, 0.1) is 4.58 Å². The summed E-state index contributed by atoms with van der Waals surface area (Å²) >= 11 is 3.95. The lowest BCUT2D eigenvalue weighted by molar-refractivity contribution is 0.102. The maximum absolute atomic E-state index is 12.6. The topological polar surface area (TPSA) is 68.0 Å². The Bertz CT molecular complexity index is 934. The lowest BCUT2D eigenvalue weighted by atomic mass is 10.1. The molecule has 1 aliphatic heterocycles. The number of nitrogens with zero attached hydrogens (tertiary/aromatic N) is 2. The molecule has 0 atom stereocenters. The van der Waals surface area contributed by atoms with E-state index in [-0.39, 0.29) is 5.91 Å². The molecule has 1 amide bonds. The molecule has 0 aliphatic carbocycles. The second-order valence-corrected chi connectivity index (χ2v) is 8.95. The Morgan fingerprint density at radius 1 is 1.15 bits per heavy atom. The van der Waals surface area contributed by atoms with Crippen LogP contribution in [0.3, 0.4) is 0 Å². The first-order valence-electron chi connectivity index (χ1n) is 8.74. The molecule has 0 bridgehead atoms. The third-order valence-corrected chi connectivity index (χ3v) is 7.19. The highest BCUT2D eigenvalue weighted by Gasteiger charge is 2.17. The third-order valence-electron chi connectivity index (χ3n) is 4.18. The molecule has 0 saturated carbocycles. The Labute approximate surface area is 166 Å². The Kier molecular flexibility index (Phi) is 5.50. The van der Waals surface area contributed by atoms with Crippen LogP contribution in [0.2, 0.25) is 0 Å². The van der Waals surface area contributed by atoms with Gasteiger partial charge in [-0.05, 0) is 47.8 Å². The summed E-state index contributed by atoms with van der Waals surface area (Å²) in [6.45, 7) is 1.75. The van der Waals surface area contributed by atoms with Gasteiger partial charge < -0.3 is 9.84 Å². The molecule has 1 saturated heterocycles. The van der Waals surface area contributed by atoms with E-state index in [1.807, 2.05) is 59.9 Å². The number of thioether (sulfide) groups is 2. The third kappa shape index (κ3) is 4.36. The number of aryl methyl sites for hydroxylation is 1. The summed E-state index contributed by atoms with van der Waals surface area (Å²) in [5.41, 5.74) is 3.41. The molecular weight excluding hydrogens is 378 g/mol. The first kappa shape index (κ1) is 18.1. The summed E-state index contributed by atoms with van der Waals surface area (Å²) in [4.78, 5) is 16.8. The molecule has 1 N–H and O–H groups in total. The van der Waals surface area contributed by atoms with E-state index in [0.29, 0.717) is 27.5 Å². The zero-order chi connectivity index (χ0) is 18.6. The number of rotatable bonds is 4. The smallest absolute Gasteiger partial charge is 0.255 e. The predicted octanol–water partition coefficient (Wildman–Crippen LogP) is 5.17. The summed E-state index contributed by atoms with van der Waals surface area (Å²) in [5.74, 6) is 3.29. The van der Waals surface area contributed by atoms with E-state index in [2.05, 4.69) is 27.6 Å². The predicted molar refractivity (Wildman–Crippen MR) is 111 cm³/mol. The van der Waals surface area contributed by atoms with Crippen LogP contribution in [0.25, 0.3) is 11.4 Å². The fraction of sp³-hybridized carbons (Fsp3) is 0.250. The summed E-state index contributed by atoms with van der Waals surface area (Å²) in [6.07, 6.45) is 1.27. The van der Waals surface area contributed by atoms with Gasteiger partial charge in [0.2, 0.25) is 11.7 Å². The largest absolute Gasteiger partial charge is 0.339 e. The standard InChI is InChI=1S/C20H19N3O2S2/c1-13-21-18(23-25-13)16-4-2-5-17(12-16)22-19(24)14-6-8-15(9-7-14)20-26-10-3-11-27-20/h2,4-9,12,20H,3,10-11H2,1H3,(H,22,24). The normalized spacial score (nSPS) is 14.9. The number of hydrogen-bond acceptors (Lipinski definition) is 6. The highest BCUT2D eigenvalue weighted by Crippen LogP contribution is 2.43. The van der Waals surface area contributed by atoms with Crippen LogP contribution < -0.4 is 5.32 Å². The Balaban J connectivity index is 1.46. The molecule has 27 heavy (non-hydrogen) atoms. The Morgan fingerprint density at radius 2 is 1.93 bits per heavy atom. The van der Waals surface area contributed by atoms with Gasteiger partial charge in [-0.1, -0.05) is 29.4 Å². The molecule has 7 heteroatoms. The number of carbonyl (C=O) groups is 1. The van der Waals surface area contributed by atoms with Crippen molar-refractivity contribution < 1.29 is 9.32 Å². The molecule has 1 aliphatic rings. The van der Waals surface area contributed by atoms with E-state index in [0.717, 1.165) is 5.56 Å². The number of nitrogens with one attached hydrogen (secondary N) is 1. The van der Waals surface area contributed by atoms with Crippen molar-refractivity contribution in [2.24, 2.45) is 0 Å². The van der Waals surface area contributed by atoms with Crippen LogP contribution in [0, 0.1) is 6.92 Å². The van der Waals surface area contributed by atoms with Crippen LogP contribution >= 0.6 is 23.5 Å². The average Bonchev–Trinajstić information content (AvgIpc) is 3.15. The molecule has 1 fully saturated rings. The second-order valence-electron chi connectivity index (χ2n) is 6.22. The van der Waals surface area contributed by atoms with Gasteiger partial charge in [0.25, 0.3) is 5.91 Å². The van der Waals surface area contributed by atoms with Gasteiger partial charge in [-0.15, -0.1) is 23.5 Å². The quantitative estimate of drug-likeness (QED) is 0.655. The maximum atomic E-state index is 12.6.